The predicted molar refractivity (Wildman–Crippen MR) is 128 cm³/mol. The SMILES string of the molecule is COC(=O)CC1CCN(c2nc(-c3cc(C)ccc3OCc3ccc(Br)cc3)cs2)C1. The van der Waals surface area contributed by atoms with Gasteiger partial charge >= 0.3 is 5.97 Å². The van der Waals surface area contributed by atoms with E-state index in [1.165, 1.54) is 12.7 Å². The van der Waals surface area contributed by atoms with Crippen molar-refractivity contribution in [3.63, 3.8) is 0 Å². The molecule has 0 bridgehead atoms. The Morgan fingerprint density at radius 2 is 2.06 bits per heavy atom. The smallest absolute Gasteiger partial charge is 0.305 e. The van der Waals surface area contributed by atoms with Gasteiger partial charge in [-0.1, -0.05) is 39.7 Å². The minimum absolute atomic E-state index is 0.140. The van der Waals surface area contributed by atoms with Gasteiger partial charge in [-0.25, -0.2) is 4.98 Å². The van der Waals surface area contributed by atoms with Gasteiger partial charge in [-0.2, -0.15) is 0 Å². The van der Waals surface area contributed by atoms with Crippen LogP contribution in [-0.4, -0.2) is 31.2 Å². The lowest BCUT2D eigenvalue weighted by Gasteiger charge is -2.15. The van der Waals surface area contributed by atoms with Gasteiger partial charge in [-0.15, -0.1) is 11.3 Å². The maximum Gasteiger partial charge on any atom is 0.305 e. The molecule has 0 amide bonds. The minimum Gasteiger partial charge on any atom is -0.488 e. The highest BCUT2D eigenvalue weighted by Crippen LogP contribution is 2.36. The molecule has 0 aliphatic carbocycles. The van der Waals surface area contributed by atoms with Crippen molar-refractivity contribution in [2.24, 2.45) is 5.92 Å². The average molecular weight is 501 g/mol. The fourth-order valence-corrected chi connectivity index (χ4v) is 4.86. The number of esters is 1. The Morgan fingerprint density at radius 1 is 1.26 bits per heavy atom. The fourth-order valence-electron chi connectivity index (χ4n) is 3.74. The number of methoxy groups -OCH3 is 1. The van der Waals surface area contributed by atoms with E-state index >= 15 is 0 Å². The number of hydrogen-bond donors (Lipinski definition) is 0. The van der Waals surface area contributed by atoms with Crippen LogP contribution in [0.4, 0.5) is 5.13 Å². The highest BCUT2D eigenvalue weighted by molar-refractivity contribution is 9.10. The van der Waals surface area contributed by atoms with Gasteiger partial charge in [0.15, 0.2) is 5.13 Å². The number of thiazole rings is 1. The number of benzene rings is 2. The Morgan fingerprint density at radius 3 is 2.84 bits per heavy atom. The molecule has 1 atom stereocenters. The second-order valence-corrected chi connectivity index (χ2v) is 9.56. The number of carbonyl (C=O) groups excluding carboxylic acids is 1. The van der Waals surface area contributed by atoms with E-state index in [-0.39, 0.29) is 5.97 Å². The predicted octanol–water partition coefficient (Wildman–Crippen LogP) is 5.85. The van der Waals surface area contributed by atoms with Gasteiger partial charge in [0.05, 0.1) is 19.2 Å². The third kappa shape index (κ3) is 5.46. The minimum atomic E-state index is -0.140. The molecule has 1 fully saturated rings. The third-order valence-corrected chi connectivity index (χ3v) is 6.88. The standard InChI is InChI=1S/C24H25BrN2O3S/c1-16-3-8-22(30-14-17-4-6-19(25)7-5-17)20(11-16)21-15-31-24(26-21)27-10-9-18(13-27)12-23(28)29-2/h3-8,11,15,18H,9-10,12-14H2,1-2H3. The van der Waals surface area contributed by atoms with Gasteiger partial charge in [0.25, 0.3) is 0 Å². The molecule has 5 nitrogen and oxygen atoms in total. The van der Waals surface area contributed by atoms with Gasteiger partial charge in [-0.3, -0.25) is 4.79 Å². The molecule has 1 aliphatic rings. The molecule has 1 aromatic heterocycles. The number of rotatable bonds is 7. The molecule has 0 spiro atoms. The van der Waals surface area contributed by atoms with Gasteiger partial charge < -0.3 is 14.4 Å². The number of nitrogens with zero attached hydrogens (tertiary/aromatic N) is 2. The lowest BCUT2D eigenvalue weighted by atomic mass is 10.1. The average Bonchev–Trinajstić information content (AvgIpc) is 3.43. The summed E-state index contributed by atoms with van der Waals surface area (Å²) in [5, 5.41) is 3.08. The Labute approximate surface area is 195 Å². The van der Waals surface area contributed by atoms with E-state index in [1.54, 1.807) is 11.3 Å². The normalized spacial score (nSPS) is 15.8. The molecule has 31 heavy (non-hydrogen) atoms. The summed E-state index contributed by atoms with van der Waals surface area (Å²) >= 11 is 5.10. The Kier molecular flexibility index (Phi) is 6.92. The highest BCUT2D eigenvalue weighted by atomic mass is 79.9. The van der Waals surface area contributed by atoms with Crippen LogP contribution in [0.5, 0.6) is 5.75 Å². The number of aromatic nitrogens is 1. The summed E-state index contributed by atoms with van der Waals surface area (Å²) in [5.74, 6) is 1.01. The fraction of sp³-hybridized carbons (Fsp3) is 0.333. The van der Waals surface area contributed by atoms with Crippen LogP contribution in [0.2, 0.25) is 0 Å². The summed E-state index contributed by atoms with van der Waals surface area (Å²) in [6, 6.07) is 14.3. The quantitative estimate of drug-likeness (QED) is 0.380. The van der Waals surface area contributed by atoms with E-state index in [4.69, 9.17) is 14.5 Å². The zero-order valence-corrected chi connectivity index (χ0v) is 20.0. The van der Waals surface area contributed by atoms with Crippen molar-refractivity contribution in [3.05, 3.63) is 63.4 Å². The van der Waals surface area contributed by atoms with Crippen LogP contribution in [-0.2, 0) is 16.1 Å². The van der Waals surface area contributed by atoms with Crippen LogP contribution in [0.3, 0.4) is 0 Å². The largest absolute Gasteiger partial charge is 0.488 e. The molecule has 0 N–H and O–H groups in total. The molecule has 4 rings (SSSR count). The monoisotopic (exact) mass is 500 g/mol. The second kappa shape index (κ2) is 9.83. The first-order valence-electron chi connectivity index (χ1n) is 10.3. The number of halogens is 1. The molecular weight excluding hydrogens is 476 g/mol. The van der Waals surface area contributed by atoms with Crippen molar-refractivity contribution in [2.75, 3.05) is 25.1 Å². The van der Waals surface area contributed by atoms with Crippen LogP contribution >= 0.6 is 27.3 Å². The molecule has 1 aliphatic heterocycles. The molecular formula is C24H25BrN2O3S. The number of hydrogen-bond acceptors (Lipinski definition) is 6. The van der Waals surface area contributed by atoms with Crippen molar-refractivity contribution in [1.29, 1.82) is 0 Å². The molecule has 1 saturated heterocycles. The first kappa shape index (κ1) is 21.8. The zero-order chi connectivity index (χ0) is 21.8. The first-order chi connectivity index (χ1) is 15.0. The van der Waals surface area contributed by atoms with Crippen molar-refractivity contribution >= 4 is 38.4 Å². The van der Waals surface area contributed by atoms with Crippen molar-refractivity contribution in [3.8, 4) is 17.0 Å². The second-order valence-electron chi connectivity index (χ2n) is 7.81. The topological polar surface area (TPSA) is 51.7 Å². The molecule has 7 heteroatoms. The van der Waals surface area contributed by atoms with Crippen LogP contribution in [0.15, 0.2) is 52.3 Å². The number of carbonyl (C=O) groups is 1. The summed E-state index contributed by atoms with van der Waals surface area (Å²) in [6.45, 7) is 4.33. The maximum atomic E-state index is 11.6. The molecule has 2 aromatic carbocycles. The first-order valence-corrected chi connectivity index (χ1v) is 11.9. The van der Waals surface area contributed by atoms with Crippen LogP contribution in [0.1, 0.15) is 24.0 Å². The molecule has 162 valence electrons. The Hall–Kier alpha value is -2.38. The molecule has 0 saturated carbocycles. The molecule has 0 radical (unpaired) electrons. The number of anilines is 1. The summed E-state index contributed by atoms with van der Waals surface area (Å²) in [4.78, 5) is 18.8. The van der Waals surface area contributed by atoms with Crippen molar-refractivity contribution in [2.45, 2.75) is 26.4 Å². The van der Waals surface area contributed by atoms with Crippen LogP contribution < -0.4 is 9.64 Å². The summed E-state index contributed by atoms with van der Waals surface area (Å²) in [6.07, 6.45) is 1.45. The zero-order valence-electron chi connectivity index (χ0n) is 17.6. The molecule has 2 heterocycles. The lowest BCUT2D eigenvalue weighted by Crippen LogP contribution is -2.20. The van der Waals surface area contributed by atoms with Crippen molar-refractivity contribution in [1.82, 2.24) is 4.98 Å². The van der Waals surface area contributed by atoms with Gasteiger partial charge in [0, 0.05) is 28.5 Å². The lowest BCUT2D eigenvalue weighted by molar-refractivity contribution is -0.141. The van der Waals surface area contributed by atoms with Gasteiger partial charge in [0.1, 0.15) is 12.4 Å². The van der Waals surface area contributed by atoms with Crippen molar-refractivity contribution < 1.29 is 14.3 Å². The van der Waals surface area contributed by atoms with E-state index in [2.05, 4.69) is 57.4 Å². The number of aryl methyl sites for hydroxylation is 1. The third-order valence-electron chi connectivity index (χ3n) is 5.45. The van der Waals surface area contributed by atoms with E-state index in [0.717, 1.165) is 51.7 Å². The summed E-state index contributed by atoms with van der Waals surface area (Å²) in [5.41, 5.74) is 4.21. The summed E-state index contributed by atoms with van der Waals surface area (Å²) < 4.78 is 12.0. The summed E-state index contributed by atoms with van der Waals surface area (Å²) in [7, 11) is 1.44. The van der Waals surface area contributed by atoms with Gasteiger partial charge in [0.2, 0.25) is 0 Å². The van der Waals surface area contributed by atoms with E-state index in [9.17, 15) is 4.79 Å². The van der Waals surface area contributed by atoms with E-state index in [0.29, 0.717) is 18.9 Å². The molecule has 1 unspecified atom stereocenters. The Bertz CT molecular complexity index is 1050. The van der Waals surface area contributed by atoms with Crippen LogP contribution in [0, 0.1) is 12.8 Å². The molecule has 3 aromatic rings. The maximum absolute atomic E-state index is 11.6. The van der Waals surface area contributed by atoms with Gasteiger partial charge in [-0.05, 0) is 49.1 Å². The highest BCUT2D eigenvalue weighted by Gasteiger charge is 2.27. The van der Waals surface area contributed by atoms with E-state index in [1.807, 2.05) is 18.2 Å². The Balaban J connectivity index is 1.48. The van der Waals surface area contributed by atoms with E-state index < -0.39 is 0 Å². The number of ether oxygens (including phenoxy) is 2. The van der Waals surface area contributed by atoms with Crippen LogP contribution in [0.25, 0.3) is 11.3 Å².